The van der Waals surface area contributed by atoms with Crippen molar-refractivity contribution in [3.05, 3.63) is 75.5 Å². The van der Waals surface area contributed by atoms with Gasteiger partial charge in [0.2, 0.25) is 0 Å². The molecule has 0 aliphatic heterocycles. The topological polar surface area (TPSA) is 12.4 Å². The minimum atomic E-state index is -0.539. The van der Waals surface area contributed by atoms with Gasteiger partial charge in [0.15, 0.2) is 0 Å². The Balaban J connectivity index is 1.53. The number of benzene rings is 2. The van der Waals surface area contributed by atoms with Crippen molar-refractivity contribution in [2.75, 3.05) is 0 Å². The zero-order chi connectivity index (χ0) is 20.9. The molecule has 0 atom stereocenters. The number of rotatable bonds is 4. The Labute approximate surface area is 184 Å². The average molecular weight is 436 g/mol. The van der Waals surface area contributed by atoms with Crippen molar-refractivity contribution in [1.82, 2.24) is 0 Å². The average Bonchev–Trinajstić information content (AvgIpc) is 3.42. The van der Waals surface area contributed by atoms with E-state index in [1.165, 1.54) is 36.6 Å². The van der Waals surface area contributed by atoms with Gasteiger partial charge in [-0.3, -0.25) is 0 Å². The van der Waals surface area contributed by atoms with Crippen LogP contribution in [-0.2, 0) is 6.42 Å². The highest BCUT2D eigenvalue weighted by Crippen LogP contribution is 2.30. The van der Waals surface area contributed by atoms with Crippen LogP contribution in [-0.4, -0.2) is 5.16 Å². The summed E-state index contributed by atoms with van der Waals surface area (Å²) in [4.78, 5) is 6.05. The molecular formula is C25H19F2NS2. The number of thiophene rings is 1. The number of aliphatic imine (C=N–C) groups is 1. The van der Waals surface area contributed by atoms with Crippen LogP contribution in [0, 0.1) is 29.4 Å². The van der Waals surface area contributed by atoms with Crippen molar-refractivity contribution in [2.24, 2.45) is 10.9 Å². The van der Waals surface area contributed by atoms with Gasteiger partial charge in [-0.05, 0) is 66.5 Å². The van der Waals surface area contributed by atoms with E-state index < -0.39 is 11.6 Å². The number of hydrogen-bond acceptors (Lipinski definition) is 3. The Morgan fingerprint density at radius 2 is 1.73 bits per heavy atom. The lowest BCUT2D eigenvalue weighted by molar-refractivity contribution is 0.551. The maximum atomic E-state index is 14.6. The molecule has 3 aromatic rings. The van der Waals surface area contributed by atoms with Crippen molar-refractivity contribution in [2.45, 2.75) is 32.1 Å². The minimum absolute atomic E-state index is 0.0592. The van der Waals surface area contributed by atoms with E-state index >= 15 is 0 Å². The second kappa shape index (κ2) is 9.45. The van der Waals surface area contributed by atoms with Gasteiger partial charge in [0.05, 0.1) is 21.3 Å². The summed E-state index contributed by atoms with van der Waals surface area (Å²) < 4.78 is 29.2. The first kappa shape index (κ1) is 20.6. The van der Waals surface area contributed by atoms with Crippen LogP contribution >= 0.6 is 23.6 Å². The van der Waals surface area contributed by atoms with Gasteiger partial charge in [-0.1, -0.05) is 49.7 Å². The molecule has 1 fully saturated rings. The number of nitrogens with zero attached hydrogens (tertiary/aromatic N) is 1. The summed E-state index contributed by atoms with van der Waals surface area (Å²) in [5.41, 5.74) is 1.42. The molecule has 1 aliphatic carbocycles. The summed E-state index contributed by atoms with van der Waals surface area (Å²) in [6.07, 6.45) is 6.36. The van der Waals surface area contributed by atoms with E-state index in [2.05, 4.69) is 40.3 Å². The van der Waals surface area contributed by atoms with Crippen LogP contribution in [0.5, 0.6) is 0 Å². The third-order valence-electron chi connectivity index (χ3n) is 5.36. The highest BCUT2D eigenvalue weighted by atomic mass is 32.1. The fraction of sp³-hybridized carbons (Fsp3) is 0.240. The normalized spacial score (nSPS) is 13.5. The van der Waals surface area contributed by atoms with Gasteiger partial charge in [0.1, 0.15) is 11.6 Å². The molecule has 1 nitrogen and oxygen atoms in total. The Morgan fingerprint density at radius 1 is 0.967 bits per heavy atom. The SMILES string of the molecule is Fc1cc(-c2ccc(N=C=S)cc2)c(F)cc1C#Cc1ccc(CC2CCCC2)s1. The zero-order valence-electron chi connectivity index (χ0n) is 16.3. The lowest BCUT2D eigenvalue weighted by atomic mass is 10.0. The molecule has 1 aliphatic rings. The van der Waals surface area contributed by atoms with E-state index in [4.69, 9.17) is 0 Å². The minimum Gasteiger partial charge on any atom is -0.206 e. The van der Waals surface area contributed by atoms with Crippen molar-refractivity contribution in [1.29, 1.82) is 0 Å². The van der Waals surface area contributed by atoms with Gasteiger partial charge in [-0.2, -0.15) is 4.99 Å². The van der Waals surface area contributed by atoms with Gasteiger partial charge in [-0.15, -0.1) is 11.3 Å². The summed E-state index contributed by atoms with van der Waals surface area (Å²) >= 11 is 6.21. The van der Waals surface area contributed by atoms with Crippen molar-refractivity contribution >= 4 is 34.4 Å². The van der Waals surface area contributed by atoms with E-state index in [9.17, 15) is 8.78 Å². The summed E-state index contributed by atoms with van der Waals surface area (Å²) in [6.45, 7) is 0. The van der Waals surface area contributed by atoms with E-state index in [0.717, 1.165) is 23.3 Å². The second-order valence-electron chi connectivity index (χ2n) is 7.43. The molecule has 0 saturated heterocycles. The van der Waals surface area contributed by atoms with Crippen molar-refractivity contribution in [3.63, 3.8) is 0 Å². The fourth-order valence-electron chi connectivity index (χ4n) is 3.81. The number of thiocarbonyl (C=S) groups is 1. The van der Waals surface area contributed by atoms with E-state index in [0.29, 0.717) is 11.3 Å². The molecule has 1 saturated carbocycles. The number of hydrogen-bond donors (Lipinski definition) is 0. The van der Waals surface area contributed by atoms with Crippen LogP contribution in [0.1, 0.15) is 41.0 Å². The maximum absolute atomic E-state index is 14.6. The molecule has 30 heavy (non-hydrogen) atoms. The second-order valence-corrected chi connectivity index (χ2v) is 8.78. The highest BCUT2D eigenvalue weighted by Gasteiger charge is 2.16. The predicted octanol–water partition coefficient (Wildman–Crippen LogP) is 7.56. The first-order valence-electron chi connectivity index (χ1n) is 9.90. The lowest BCUT2D eigenvalue weighted by Gasteiger charge is -2.06. The molecule has 2 aromatic carbocycles. The lowest BCUT2D eigenvalue weighted by Crippen LogP contribution is -1.95. The van der Waals surface area contributed by atoms with Gasteiger partial charge in [0.25, 0.3) is 0 Å². The summed E-state index contributed by atoms with van der Waals surface area (Å²) in [5, 5.41) is 2.28. The largest absolute Gasteiger partial charge is 0.206 e. The third kappa shape index (κ3) is 4.91. The number of isothiocyanates is 1. The first-order valence-corrected chi connectivity index (χ1v) is 11.1. The highest BCUT2D eigenvalue weighted by molar-refractivity contribution is 7.78. The van der Waals surface area contributed by atoms with Gasteiger partial charge >= 0.3 is 0 Å². The van der Waals surface area contributed by atoms with Gasteiger partial charge in [0, 0.05) is 10.4 Å². The van der Waals surface area contributed by atoms with Gasteiger partial charge < -0.3 is 0 Å². The molecule has 0 bridgehead atoms. The molecule has 4 rings (SSSR count). The molecule has 150 valence electrons. The predicted molar refractivity (Wildman–Crippen MR) is 122 cm³/mol. The first-order chi connectivity index (χ1) is 14.6. The molecule has 0 N–H and O–H groups in total. The zero-order valence-corrected chi connectivity index (χ0v) is 17.9. The van der Waals surface area contributed by atoms with Crippen molar-refractivity contribution in [3.8, 4) is 23.0 Å². The monoisotopic (exact) mass is 435 g/mol. The van der Waals surface area contributed by atoms with Gasteiger partial charge in [-0.25, -0.2) is 8.78 Å². The van der Waals surface area contributed by atoms with E-state index in [-0.39, 0.29) is 11.1 Å². The van der Waals surface area contributed by atoms with Crippen LogP contribution in [0.2, 0.25) is 0 Å². The molecule has 0 amide bonds. The molecule has 1 aromatic heterocycles. The summed E-state index contributed by atoms with van der Waals surface area (Å²) in [5.74, 6) is 5.50. The molecule has 0 radical (unpaired) electrons. The van der Waals surface area contributed by atoms with Crippen molar-refractivity contribution < 1.29 is 8.78 Å². The Morgan fingerprint density at radius 3 is 2.47 bits per heavy atom. The Hall–Kier alpha value is -2.64. The third-order valence-corrected chi connectivity index (χ3v) is 6.47. The van der Waals surface area contributed by atoms with Crippen LogP contribution in [0.4, 0.5) is 14.5 Å². The van der Waals surface area contributed by atoms with E-state index in [1.54, 1.807) is 35.6 Å². The van der Waals surface area contributed by atoms with Crippen LogP contribution < -0.4 is 0 Å². The molecular weight excluding hydrogens is 416 g/mol. The molecule has 1 heterocycles. The standard InChI is InChI=1S/C25H19F2NS2/c26-24-15-23(18-5-8-20(9-6-18)28-16-29)25(27)14-19(24)7-10-21-11-12-22(30-21)13-17-3-1-2-4-17/h5-6,8-9,11-12,14-15,17H,1-4,13H2. The molecule has 5 heteroatoms. The Kier molecular flexibility index (Phi) is 6.50. The van der Waals surface area contributed by atoms with E-state index in [1.807, 2.05) is 6.07 Å². The summed E-state index contributed by atoms with van der Waals surface area (Å²) in [7, 11) is 0. The number of halogens is 2. The van der Waals surface area contributed by atoms with Crippen LogP contribution in [0.15, 0.2) is 53.5 Å². The quantitative estimate of drug-likeness (QED) is 0.234. The summed E-state index contributed by atoms with van der Waals surface area (Å²) in [6, 6.07) is 13.1. The maximum Gasteiger partial charge on any atom is 0.139 e. The molecule has 0 spiro atoms. The molecule has 0 unspecified atom stereocenters. The Bertz CT molecular complexity index is 1160. The van der Waals surface area contributed by atoms with Crippen LogP contribution in [0.3, 0.4) is 0 Å². The fourth-order valence-corrected chi connectivity index (χ4v) is 4.90. The van der Waals surface area contributed by atoms with Crippen LogP contribution in [0.25, 0.3) is 11.1 Å². The smallest absolute Gasteiger partial charge is 0.139 e.